The number of carbonyl (C=O) groups is 1. The van der Waals surface area contributed by atoms with Crippen LogP contribution < -0.4 is 16.3 Å². The van der Waals surface area contributed by atoms with Gasteiger partial charge in [-0.15, -0.1) is 0 Å². The number of aryl methyl sites for hydroxylation is 1. The highest BCUT2D eigenvalue weighted by atomic mass is 19.4. The Kier molecular flexibility index (Phi) is 8.70. The zero-order chi connectivity index (χ0) is 28.8. The highest BCUT2D eigenvalue weighted by Gasteiger charge is 2.52. The molecule has 0 spiro atoms. The summed E-state index contributed by atoms with van der Waals surface area (Å²) in [6.07, 6.45) is 1.50. The first-order valence-corrected chi connectivity index (χ1v) is 15.1. The number of aromatic nitrogens is 2. The zero-order valence-electron chi connectivity index (χ0n) is 23.5. The third kappa shape index (κ3) is 6.59. The molecule has 6 nitrogen and oxygen atoms in total. The largest absolute Gasteiger partial charge is 0.393 e. The van der Waals surface area contributed by atoms with Crippen molar-refractivity contribution in [3.8, 4) is 0 Å². The highest BCUT2D eigenvalue weighted by Crippen LogP contribution is 2.46. The predicted molar refractivity (Wildman–Crippen MR) is 140 cm³/mol. The molecule has 0 aromatic carbocycles. The molecule has 40 heavy (non-hydrogen) atoms. The van der Waals surface area contributed by atoms with E-state index in [4.69, 9.17) is 5.41 Å². The number of imidazole rings is 1. The van der Waals surface area contributed by atoms with Crippen molar-refractivity contribution in [2.45, 2.75) is 102 Å². The van der Waals surface area contributed by atoms with Crippen LogP contribution in [0.15, 0.2) is 12.4 Å². The molecule has 0 radical (unpaired) electrons. The van der Waals surface area contributed by atoms with Crippen LogP contribution in [0.4, 0.5) is 22.0 Å². The number of nitrogens with zero attached hydrogens (tertiary/aromatic N) is 2. The lowest BCUT2D eigenvalue weighted by Gasteiger charge is -2.45. The van der Waals surface area contributed by atoms with E-state index in [-0.39, 0.29) is 36.2 Å². The molecular formula is C29H44F5N5O. The van der Waals surface area contributed by atoms with E-state index in [1.165, 1.54) is 0 Å². The monoisotopic (exact) mass is 573 g/mol. The Morgan fingerprint density at radius 3 is 2.42 bits per heavy atom. The van der Waals surface area contributed by atoms with Crippen LogP contribution >= 0.6 is 0 Å². The summed E-state index contributed by atoms with van der Waals surface area (Å²) in [5.41, 5.74) is 0.290. The minimum Gasteiger partial charge on any atom is -0.353 e. The maximum Gasteiger partial charge on any atom is 0.393 e. The van der Waals surface area contributed by atoms with Crippen LogP contribution in [0, 0.1) is 46.8 Å². The molecule has 1 aliphatic heterocycles. The maximum atomic E-state index is 14.2. The van der Waals surface area contributed by atoms with Gasteiger partial charge < -0.3 is 19.8 Å². The number of nitrogens with one attached hydrogen (secondary N) is 3. The molecule has 4 fully saturated rings. The van der Waals surface area contributed by atoms with E-state index in [0.717, 1.165) is 25.7 Å². The Balaban J connectivity index is 1.35. The normalized spacial score (nSPS) is 38.1. The lowest BCUT2D eigenvalue weighted by atomic mass is 9.68. The second-order valence-corrected chi connectivity index (χ2v) is 13.3. The van der Waals surface area contributed by atoms with Crippen LogP contribution in [0.25, 0.3) is 0 Å². The summed E-state index contributed by atoms with van der Waals surface area (Å²) in [6, 6.07) is -0.964. The van der Waals surface area contributed by atoms with Crippen molar-refractivity contribution in [1.29, 1.82) is 5.41 Å². The number of carbonyl (C=O) groups excluding carboxylic acids is 1. The van der Waals surface area contributed by atoms with Gasteiger partial charge in [0.25, 0.3) is 0 Å². The topological polar surface area (TPSA) is 74.8 Å². The smallest absolute Gasteiger partial charge is 0.353 e. The summed E-state index contributed by atoms with van der Waals surface area (Å²) in [6.45, 7) is 2.26. The molecule has 1 saturated heterocycles. The molecule has 3 N–H and O–H groups in total. The molecule has 0 bridgehead atoms. The number of hydrogen-bond acceptors (Lipinski definition) is 3. The molecule has 1 aromatic heterocycles. The Bertz CT molecular complexity index is 1080. The average Bonchev–Trinajstić information content (AvgIpc) is 3.70. The van der Waals surface area contributed by atoms with Crippen molar-refractivity contribution >= 4 is 5.91 Å². The van der Waals surface area contributed by atoms with Crippen LogP contribution in [0.5, 0.6) is 0 Å². The third-order valence-electron chi connectivity index (χ3n) is 10.2. The summed E-state index contributed by atoms with van der Waals surface area (Å²) in [5, 5.41) is 14.5. The molecule has 10 atom stereocenters. The Labute approximate surface area is 233 Å². The van der Waals surface area contributed by atoms with Gasteiger partial charge in [-0.1, -0.05) is 6.92 Å². The van der Waals surface area contributed by atoms with E-state index in [9.17, 15) is 26.7 Å². The molecule has 3 aliphatic carbocycles. The van der Waals surface area contributed by atoms with Gasteiger partial charge >= 0.3 is 6.18 Å². The van der Waals surface area contributed by atoms with E-state index in [2.05, 4.69) is 10.6 Å². The van der Waals surface area contributed by atoms with Crippen molar-refractivity contribution in [3.05, 3.63) is 18.0 Å². The molecule has 1 amide bonds. The molecule has 5 rings (SSSR count). The number of amides is 1. The van der Waals surface area contributed by atoms with E-state index in [0.29, 0.717) is 43.8 Å². The number of hydrogen-bond donors (Lipinski definition) is 3. The van der Waals surface area contributed by atoms with Crippen molar-refractivity contribution in [2.24, 2.45) is 48.5 Å². The average molecular weight is 574 g/mol. The van der Waals surface area contributed by atoms with E-state index in [1.807, 2.05) is 6.92 Å². The van der Waals surface area contributed by atoms with E-state index >= 15 is 0 Å². The Hall–Kier alpha value is -1.91. The Morgan fingerprint density at radius 2 is 1.80 bits per heavy atom. The van der Waals surface area contributed by atoms with Gasteiger partial charge in [0.15, 0.2) is 0 Å². The number of halogens is 5. The molecule has 4 aliphatic rings. The van der Waals surface area contributed by atoms with Gasteiger partial charge in [-0.3, -0.25) is 10.2 Å². The second kappa shape index (κ2) is 11.8. The maximum absolute atomic E-state index is 14.2. The molecular weight excluding hydrogens is 529 g/mol. The standard InChI is InChI=1S/C29H44F5N5O/c1-16-9-19(5-6-24(16)31)25(18-3-4-18)37-27(40)21-11-17(15-39-8-7-38(2)28(39)35)10-20(12-21)26-23(29(32,33)34)13-22(30)14-36-26/h7-8,16-26,35-36H,3-6,9-15H2,1-2H3,(H,37,40)/t16?,17?,19?,20?,21?,22?,23?,24?,25-,26?/m0/s1. The predicted octanol–water partition coefficient (Wildman–Crippen LogP) is 4.89. The molecule has 9 unspecified atom stereocenters. The molecule has 226 valence electrons. The number of piperidine rings is 1. The molecule has 3 saturated carbocycles. The highest BCUT2D eigenvalue weighted by molar-refractivity contribution is 5.79. The van der Waals surface area contributed by atoms with Crippen LogP contribution in [-0.4, -0.2) is 52.2 Å². The van der Waals surface area contributed by atoms with Gasteiger partial charge in [0.2, 0.25) is 11.5 Å². The quantitative estimate of drug-likeness (QED) is 0.407. The molecule has 11 heteroatoms. The lowest BCUT2D eigenvalue weighted by molar-refractivity contribution is -0.199. The van der Waals surface area contributed by atoms with Gasteiger partial charge in [-0.2, -0.15) is 13.2 Å². The fourth-order valence-electron chi connectivity index (χ4n) is 7.92. The fourth-order valence-corrected chi connectivity index (χ4v) is 7.92. The molecule has 2 heterocycles. The third-order valence-corrected chi connectivity index (χ3v) is 10.2. The first kappa shape index (κ1) is 29.6. The number of rotatable bonds is 7. The van der Waals surface area contributed by atoms with Gasteiger partial charge in [0, 0.05) is 50.5 Å². The first-order chi connectivity index (χ1) is 18.9. The fraction of sp³-hybridized carbons (Fsp3) is 0.862. The van der Waals surface area contributed by atoms with Crippen LogP contribution in [0.3, 0.4) is 0 Å². The summed E-state index contributed by atoms with van der Waals surface area (Å²) < 4.78 is 73.9. The van der Waals surface area contributed by atoms with Crippen molar-refractivity contribution in [3.63, 3.8) is 0 Å². The van der Waals surface area contributed by atoms with Crippen LogP contribution in [0.2, 0.25) is 0 Å². The first-order valence-electron chi connectivity index (χ1n) is 15.1. The van der Waals surface area contributed by atoms with Crippen LogP contribution in [-0.2, 0) is 18.4 Å². The Morgan fingerprint density at radius 1 is 1.07 bits per heavy atom. The lowest BCUT2D eigenvalue weighted by Crippen LogP contribution is -2.57. The van der Waals surface area contributed by atoms with Crippen molar-refractivity contribution in [1.82, 2.24) is 19.8 Å². The zero-order valence-corrected chi connectivity index (χ0v) is 23.5. The van der Waals surface area contributed by atoms with E-state index < -0.39 is 48.7 Å². The van der Waals surface area contributed by atoms with Gasteiger partial charge in [0.05, 0.1) is 5.92 Å². The summed E-state index contributed by atoms with van der Waals surface area (Å²) in [4.78, 5) is 13.8. The van der Waals surface area contributed by atoms with Gasteiger partial charge in [-0.25, -0.2) is 8.78 Å². The molecule has 1 aromatic rings. The van der Waals surface area contributed by atoms with Gasteiger partial charge in [0.1, 0.15) is 12.3 Å². The van der Waals surface area contributed by atoms with Gasteiger partial charge in [-0.05, 0) is 87.4 Å². The minimum absolute atomic E-state index is 0.0207. The van der Waals surface area contributed by atoms with Crippen molar-refractivity contribution < 1.29 is 26.7 Å². The second-order valence-electron chi connectivity index (χ2n) is 13.3. The van der Waals surface area contributed by atoms with E-state index in [1.54, 1.807) is 28.6 Å². The van der Waals surface area contributed by atoms with Crippen molar-refractivity contribution in [2.75, 3.05) is 6.54 Å². The summed E-state index contributed by atoms with van der Waals surface area (Å²) in [5.74, 6) is -2.34. The SMILES string of the molecule is CC1CC([C@@H](NC(=O)C2CC(Cn3ccn(C)c3=N)CC(C3NCC(F)CC3C(F)(F)F)C2)C2CC2)CCC1F. The summed E-state index contributed by atoms with van der Waals surface area (Å²) >= 11 is 0. The number of alkyl halides is 5. The summed E-state index contributed by atoms with van der Waals surface area (Å²) in [7, 11) is 1.77. The minimum atomic E-state index is -4.53. The van der Waals surface area contributed by atoms with Crippen LogP contribution in [0.1, 0.15) is 64.7 Å².